The smallest absolute Gasteiger partial charge is 0.338 e. The number of rotatable bonds is 8. The number of nitrogens with zero attached hydrogens (tertiary/aromatic N) is 2. The summed E-state index contributed by atoms with van der Waals surface area (Å²) in [5.74, 6) is 0.150. The van der Waals surface area contributed by atoms with E-state index in [-0.39, 0.29) is 29.3 Å². The molecule has 1 aromatic heterocycles. The molecule has 3 aromatic carbocycles. The molecule has 0 saturated heterocycles. The lowest BCUT2D eigenvalue weighted by Gasteiger charge is -2.14. The number of fused-ring (bicyclic) bond motifs is 1. The average Bonchev–Trinajstić information content (AvgIpc) is 2.87. The Labute approximate surface area is 202 Å². The van der Waals surface area contributed by atoms with Crippen LogP contribution in [0.1, 0.15) is 34.6 Å². The molecule has 0 bridgehead atoms. The summed E-state index contributed by atoms with van der Waals surface area (Å²) in [5, 5.41) is 4.89. The topological polar surface area (TPSA) is 131 Å². The zero-order valence-corrected chi connectivity index (χ0v) is 19.4. The van der Waals surface area contributed by atoms with Crippen molar-refractivity contribution < 1.29 is 14.3 Å². The molecule has 4 rings (SSSR count). The summed E-state index contributed by atoms with van der Waals surface area (Å²) < 4.78 is 5.24. The van der Waals surface area contributed by atoms with Crippen molar-refractivity contribution in [2.75, 3.05) is 23.1 Å². The van der Waals surface area contributed by atoms with Gasteiger partial charge >= 0.3 is 5.97 Å². The number of esters is 1. The van der Waals surface area contributed by atoms with E-state index in [1.165, 1.54) is 6.33 Å². The zero-order chi connectivity index (χ0) is 24.8. The van der Waals surface area contributed by atoms with Gasteiger partial charge in [-0.1, -0.05) is 50.2 Å². The first-order chi connectivity index (χ1) is 16.9. The summed E-state index contributed by atoms with van der Waals surface area (Å²) in [6.07, 6.45) is 1.32. The lowest BCUT2D eigenvalue weighted by molar-refractivity contribution is 0.0459. The Morgan fingerprint density at radius 2 is 1.66 bits per heavy atom. The van der Waals surface area contributed by atoms with Gasteiger partial charge in [0.1, 0.15) is 12.0 Å². The Balaban J connectivity index is 1.42. The molecular formula is C26H26N6O3. The molecule has 178 valence electrons. The van der Waals surface area contributed by atoms with E-state index in [9.17, 15) is 9.59 Å². The van der Waals surface area contributed by atoms with Crippen molar-refractivity contribution in [2.45, 2.75) is 13.8 Å². The molecular weight excluding hydrogens is 444 g/mol. The molecule has 0 spiro atoms. The third kappa shape index (κ3) is 5.64. The Hall–Kier alpha value is -4.66. The van der Waals surface area contributed by atoms with Gasteiger partial charge in [-0.2, -0.15) is 0 Å². The van der Waals surface area contributed by atoms with Gasteiger partial charge in [-0.15, -0.1) is 0 Å². The summed E-state index contributed by atoms with van der Waals surface area (Å²) >= 11 is 0. The minimum absolute atomic E-state index is 0.214. The fourth-order valence-corrected chi connectivity index (χ4v) is 3.35. The Morgan fingerprint density at radius 3 is 2.43 bits per heavy atom. The number of hydrazine groups is 1. The van der Waals surface area contributed by atoms with Crippen LogP contribution in [0, 0.1) is 5.92 Å². The van der Waals surface area contributed by atoms with Gasteiger partial charge in [-0.3, -0.25) is 15.6 Å². The number of hydrogen-bond donors (Lipinski definition) is 4. The fraction of sp³-hybridized carbons (Fsp3) is 0.154. The number of nitrogens with two attached hydrogens (primary N) is 1. The summed E-state index contributed by atoms with van der Waals surface area (Å²) in [6.45, 7) is 4.32. The van der Waals surface area contributed by atoms with E-state index in [0.29, 0.717) is 29.2 Å². The number of carbonyl (C=O) groups excluding carboxylic acids is 2. The van der Waals surface area contributed by atoms with Crippen molar-refractivity contribution in [1.29, 1.82) is 0 Å². The van der Waals surface area contributed by atoms with Crippen LogP contribution in [0.3, 0.4) is 0 Å². The van der Waals surface area contributed by atoms with Crippen LogP contribution in [0.25, 0.3) is 10.8 Å². The number of benzene rings is 3. The van der Waals surface area contributed by atoms with Crippen LogP contribution in [-0.4, -0.2) is 28.5 Å². The van der Waals surface area contributed by atoms with Crippen molar-refractivity contribution in [3.05, 3.63) is 84.2 Å². The molecule has 0 fully saturated rings. The molecule has 0 atom stereocenters. The third-order valence-electron chi connectivity index (χ3n) is 5.14. The van der Waals surface area contributed by atoms with Gasteiger partial charge in [0.05, 0.1) is 12.2 Å². The number of nitrogens with one attached hydrogen (secondary N) is 3. The third-order valence-corrected chi connectivity index (χ3v) is 5.14. The molecule has 1 amide bonds. The quantitative estimate of drug-likeness (QED) is 0.218. The fourth-order valence-electron chi connectivity index (χ4n) is 3.35. The maximum Gasteiger partial charge on any atom is 0.338 e. The molecule has 1 heterocycles. The Morgan fingerprint density at radius 1 is 0.943 bits per heavy atom. The second-order valence-corrected chi connectivity index (χ2v) is 8.29. The summed E-state index contributed by atoms with van der Waals surface area (Å²) in [6, 6.07) is 19.9. The van der Waals surface area contributed by atoms with Crippen LogP contribution in [0.2, 0.25) is 0 Å². The molecule has 9 nitrogen and oxygen atoms in total. The minimum Gasteiger partial charge on any atom is -0.462 e. The molecule has 0 aliphatic heterocycles. The number of carbonyl (C=O) groups is 2. The predicted molar refractivity (Wildman–Crippen MR) is 136 cm³/mol. The van der Waals surface area contributed by atoms with E-state index in [1.807, 2.05) is 50.2 Å². The van der Waals surface area contributed by atoms with Gasteiger partial charge in [-0.05, 0) is 47.0 Å². The maximum atomic E-state index is 12.8. The number of ether oxygens (including phenoxy) is 1. The van der Waals surface area contributed by atoms with Crippen LogP contribution in [0.15, 0.2) is 73.1 Å². The van der Waals surface area contributed by atoms with Crippen molar-refractivity contribution in [1.82, 2.24) is 15.4 Å². The molecule has 0 aliphatic carbocycles. The van der Waals surface area contributed by atoms with Gasteiger partial charge in [0.2, 0.25) is 0 Å². The van der Waals surface area contributed by atoms with E-state index in [0.717, 1.165) is 10.8 Å². The largest absolute Gasteiger partial charge is 0.462 e. The Kier molecular flexibility index (Phi) is 7.06. The summed E-state index contributed by atoms with van der Waals surface area (Å²) in [7, 11) is 0. The van der Waals surface area contributed by atoms with Crippen LogP contribution < -0.4 is 21.9 Å². The standard InChI is InChI=1S/C26H26N6O3/c1-16(2)14-35-26(34)18-10-12-19(13-11-18)30-23-22(27)24(29-15-28-23)31-32-25(33)21-9-5-7-17-6-3-4-8-20(17)21/h3-13,15-16H,14,27H2,1-2H3,(H,32,33)(H2,28,29,30,31). The molecule has 0 aliphatic rings. The molecule has 0 radical (unpaired) electrons. The number of hydrogen-bond acceptors (Lipinski definition) is 8. The normalized spacial score (nSPS) is 10.7. The first-order valence-corrected chi connectivity index (χ1v) is 11.1. The van der Waals surface area contributed by atoms with Gasteiger partial charge in [0.25, 0.3) is 5.91 Å². The zero-order valence-electron chi connectivity index (χ0n) is 19.4. The maximum absolute atomic E-state index is 12.8. The van der Waals surface area contributed by atoms with Crippen molar-refractivity contribution in [2.24, 2.45) is 5.92 Å². The summed E-state index contributed by atoms with van der Waals surface area (Å²) in [4.78, 5) is 33.2. The van der Waals surface area contributed by atoms with Gasteiger partial charge < -0.3 is 15.8 Å². The highest BCUT2D eigenvalue weighted by molar-refractivity contribution is 6.07. The van der Waals surface area contributed by atoms with Gasteiger partial charge in [0, 0.05) is 11.3 Å². The molecule has 0 unspecified atom stereocenters. The van der Waals surface area contributed by atoms with Crippen LogP contribution in [-0.2, 0) is 4.74 Å². The van der Waals surface area contributed by atoms with E-state index >= 15 is 0 Å². The Bertz CT molecular complexity index is 1350. The highest BCUT2D eigenvalue weighted by Gasteiger charge is 2.13. The van der Waals surface area contributed by atoms with Gasteiger partial charge in [0.15, 0.2) is 11.6 Å². The molecule has 35 heavy (non-hydrogen) atoms. The van der Waals surface area contributed by atoms with Crippen LogP contribution in [0.4, 0.5) is 23.0 Å². The molecule has 9 heteroatoms. The molecule has 4 aromatic rings. The SMILES string of the molecule is CC(C)COC(=O)c1ccc(Nc2ncnc(NNC(=O)c3cccc4ccccc34)c2N)cc1. The lowest BCUT2D eigenvalue weighted by atomic mass is 10.0. The van der Waals surface area contributed by atoms with E-state index in [4.69, 9.17) is 10.5 Å². The number of aromatic nitrogens is 2. The van der Waals surface area contributed by atoms with E-state index in [1.54, 1.807) is 30.3 Å². The molecule has 0 saturated carbocycles. The average molecular weight is 471 g/mol. The monoisotopic (exact) mass is 470 g/mol. The summed E-state index contributed by atoms with van der Waals surface area (Å²) in [5.41, 5.74) is 13.5. The minimum atomic E-state index is -0.375. The lowest BCUT2D eigenvalue weighted by Crippen LogP contribution is -2.30. The van der Waals surface area contributed by atoms with Crippen LogP contribution >= 0.6 is 0 Å². The molecule has 5 N–H and O–H groups in total. The van der Waals surface area contributed by atoms with Crippen molar-refractivity contribution in [3.63, 3.8) is 0 Å². The van der Waals surface area contributed by atoms with Crippen molar-refractivity contribution >= 4 is 45.7 Å². The highest BCUT2D eigenvalue weighted by Crippen LogP contribution is 2.26. The number of amides is 1. The number of anilines is 4. The second-order valence-electron chi connectivity index (χ2n) is 8.29. The first-order valence-electron chi connectivity index (χ1n) is 11.1. The van der Waals surface area contributed by atoms with E-state index in [2.05, 4.69) is 26.1 Å². The number of nitrogen functional groups attached to an aromatic ring is 1. The van der Waals surface area contributed by atoms with E-state index < -0.39 is 0 Å². The van der Waals surface area contributed by atoms with Crippen molar-refractivity contribution in [3.8, 4) is 0 Å². The van der Waals surface area contributed by atoms with Gasteiger partial charge in [-0.25, -0.2) is 14.8 Å². The predicted octanol–water partition coefficient (Wildman–Crippen LogP) is 4.53. The highest BCUT2D eigenvalue weighted by atomic mass is 16.5. The first kappa shape index (κ1) is 23.5. The second kappa shape index (κ2) is 10.5. The van der Waals surface area contributed by atoms with Crippen LogP contribution in [0.5, 0.6) is 0 Å².